The van der Waals surface area contributed by atoms with Crippen molar-refractivity contribution in [1.82, 2.24) is 14.9 Å². The van der Waals surface area contributed by atoms with Crippen LogP contribution in [-0.4, -0.2) is 21.6 Å². The van der Waals surface area contributed by atoms with E-state index in [1.165, 1.54) is 0 Å². The highest BCUT2D eigenvalue weighted by Gasteiger charge is 2.16. The van der Waals surface area contributed by atoms with Gasteiger partial charge in [-0.3, -0.25) is 4.79 Å². The van der Waals surface area contributed by atoms with Crippen LogP contribution in [0.2, 0.25) is 0 Å². The number of aromatic nitrogens is 2. The summed E-state index contributed by atoms with van der Waals surface area (Å²) in [5.74, 6) is 1.50. The molecule has 3 rings (SSSR count). The SMILES string of the molecule is Cc1ccc(C)c(OC(C)C(=O)NCc2ccccc2-n2ccnc2C)c1. The van der Waals surface area contributed by atoms with E-state index in [4.69, 9.17) is 4.74 Å². The minimum atomic E-state index is -0.576. The molecule has 0 radical (unpaired) electrons. The van der Waals surface area contributed by atoms with Gasteiger partial charge in [0.2, 0.25) is 0 Å². The van der Waals surface area contributed by atoms with Crippen molar-refractivity contribution in [3.05, 3.63) is 77.4 Å². The van der Waals surface area contributed by atoms with E-state index in [1.54, 1.807) is 13.1 Å². The Bertz CT molecular complexity index is 946. The number of rotatable bonds is 6. The number of hydrogen-bond acceptors (Lipinski definition) is 3. The minimum absolute atomic E-state index is 0.145. The maximum atomic E-state index is 12.5. The molecule has 0 bridgehead atoms. The minimum Gasteiger partial charge on any atom is -0.481 e. The summed E-state index contributed by atoms with van der Waals surface area (Å²) in [6.45, 7) is 8.13. The van der Waals surface area contributed by atoms with Gasteiger partial charge in [-0.25, -0.2) is 4.98 Å². The predicted octanol–water partition coefficient (Wildman–Crippen LogP) is 3.88. The van der Waals surface area contributed by atoms with Gasteiger partial charge in [0.15, 0.2) is 6.10 Å². The molecule has 0 fully saturated rings. The fraction of sp³-hybridized carbons (Fsp3) is 0.273. The largest absolute Gasteiger partial charge is 0.481 e. The van der Waals surface area contributed by atoms with E-state index in [9.17, 15) is 4.79 Å². The van der Waals surface area contributed by atoms with Gasteiger partial charge in [-0.2, -0.15) is 0 Å². The van der Waals surface area contributed by atoms with Crippen molar-refractivity contribution >= 4 is 5.91 Å². The first-order valence-corrected chi connectivity index (χ1v) is 9.05. The Morgan fingerprint density at radius 2 is 1.96 bits per heavy atom. The van der Waals surface area contributed by atoms with Gasteiger partial charge in [-0.05, 0) is 56.5 Å². The molecule has 1 unspecified atom stereocenters. The Balaban J connectivity index is 1.68. The number of ether oxygens (including phenoxy) is 1. The summed E-state index contributed by atoms with van der Waals surface area (Å²) in [6.07, 6.45) is 3.11. The fourth-order valence-corrected chi connectivity index (χ4v) is 2.93. The molecule has 2 aromatic carbocycles. The quantitative estimate of drug-likeness (QED) is 0.723. The zero-order valence-corrected chi connectivity index (χ0v) is 16.2. The lowest BCUT2D eigenvalue weighted by molar-refractivity contribution is -0.127. The number of hydrogen-bond donors (Lipinski definition) is 1. The number of para-hydroxylation sites is 1. The summed E-state index contributed by atoms with van der Waals surface area (Å²) in [4.78, 5) is 16.8. The van der Waals surface area contributed by atoms with Crippen LogP contribution in [0.3, 0.4) is 0 Å². The van der Waals surface area contributed by atoms with Crippen molar-refractivity contribution in [3.8, 4) is 11.4 Å². The Morgan fingerprint density at radius 1 is 1.19 bits per heavy atom. The molecule has 27 heavy (non-hydrogen) atoms. The summed E-state index contributed by atoms with van der Waals surface area (Å²) in [5.41, 5.74) is 4.15. The molecule has 0 spiro atoms. The monoisotopic (exact) mass is 363 g/mol. The van der Waals surface area contributed by atoms with Crippen LogP contribution in [0.1, 0.15) is 29.4 Å². The van der Waals surface area contributed by atoms with Crippen molar-refractivity contribution in [1.29, 1.82) is 0 Å². The smallest absolute Gasteiger partial charge is 0.261 e. The van der Waals surface area contributed by atoms with E-state index in [2.05, 4.69) is 10.3 Å². The molecule has 0 aliphatic carbocycles. The van der Waals surface area contributed by atoms with Crippen LogP contribution in [-0.2, 0) is 11.3 Å². The lowest BCUT2D eigenvalue weighted by Gasteiger charge is -2.18. The van der Waals surface area contributed by atoms with Gasteiger partial charge in [0.05, 0.1) is 5.69 Å². The highest BCUT2D eigenvalue weighted by atomic mass is 16.5. The topological polar surface area (TPSA) is 56.1 Å². The number of benzene rings is 2. The number of carbonyl (C=O) groups excluding carboxylic acids is 1. The molecule has 1 atom stereocenters. The number of aryl methyl sites for hydroxylation is 3. The first-order chi connectivity index (χ1) is 13.0. The van der Waals surface area contributed by atoms with Crippen molar-refractivity contribution in [2.45, 2.75) is 40.3 Å². The second-order valence-electron chi connectivity index (χ2n) is 6.72. The molecule has 0 saturated carbocycles. The number of imidazole rings is 1. The zero-order chi connectivity index (χ0) is 19.4. The van der Waals surface area contributed by atoms with Crippen LogP contribution in [0.4, 0.5) is 0 Å². The van der Waals surface area contributed by atoms with Crippen molar-refractivity contribution < 1.29 is 9.53 Å². The van der Waals surface area contributed by atoms with Gasteiger partial charge in [-0.15, -0.1) is 0 Å². The molecule has 1 aromatic heterocycles. The summed E-state index contributed by atoms with van der Waals surface area (Å²) >= 11 is 0. The first-order valence-electron chi connectivity index (χ1n) is 9.05. The second kappa shape index (κ2) is 8.08. The summed E-state index contributed by atoms with van der Waals surface area (Å²) in [6, 6.07) is 14.0. The van der Waals surface area contributed by atoms with Gasteiger partial charge < -0.3 is 14.6 Å². The standard InChI is InChI=1S/C22H25N3O2/c1-15-9-10-16(2)21(13-15)27-17(3)22(26)24-14-19-7-5-6-8-20(19)25-12-11-23-18(25)4/h5-13,17H,14H2,1-4H3,(H,24,26). The highest BCUT2D eigenvalue weighted by molar-refractivity contribution is 5.80. The molecule has 140 valence electrons. The second-order valence-corrected chi connectivity index (χ2v) is 6.72. The van der Waals surface area contributed by atoms with Gasteiger partial charge in [0.1, 0.15) is 11.6 Å². The molecule has 0 saturated heterocycles. The lowest BCUT2D eigenvalue weighted by Crippen LogP contribution is -2.36. The molecule has 1 amide bonds. The third-order valence-electron chi connectivity index (χ3n) is 4.55. The number of carbonyl (C=O) groups is 1. The number of nitrogens with one attached hydrogen (secondary N) is 1. The highest BCUT2D eigenvalue weighted by Crippen LogP contribution is 2.21. The lowest BCUT2D eigenvalue weighted by atomic mass is 10.1. The molecule has 1 N–H and O–H groups in total. The van der Waals surface area contributed by atoms with Crippen LogP contribution in [0.25, 0.3) is 5.69 Å². The first kappa shape index (κ1) is 18.7. The van der Waals surface area contributed by atoms with Gasteiger partial charge in [0.25, 0.3) is 5.91 Å². The molecule has 5 heteroatoms. The molecule has 3 aromatic rings. The summed E-state index contributed by atoms with van der Waals surface area (Å²) in [7, 11) is 0. The van der Waals surface area contributed by atoms with Crippen molar-refractivity contribution in [2.24, 2.45) is 0 Å². The molecular weight excluding hydrogens is 338 g/mol. The van der Waals surface area contributed by atoms with Crippen molar-refractivity contribution in [3.63, 3.8) is 0 Å². The Hall–Kier alpha value is -3.08. The normalized spacial score (nSPS) is 11.9. The van der Waals surface area contributed by atoms with E-state index in [0.717, 1.165) is 34.0 Å². The maximum Gasteiger partial charge on any atom is 0.261 e. The molecule has 1 heterocycles. The average Bonchev–Trinajstić information content (AvgIpc) is 3.08. The van der Waals surface area contributed by atoms with E-state index < -0.39 is 6.10 Å². The summed E-state index contributed by atoms with van der Waals surface area (Å²) < 4.78 is 7.88. The van der Waals surface area contributed by atoms with Crippen LogP contribution >= 0.6 is 0 Å². The summed E-state index contributed by atoms with van der Waals surface area (Å²) in [5, 5.41) is 2.98. The van der Waals surface area contributed by atoms with Crippen LogP contribution < -0.4 is 10.1 Å². The van der Waals surface area contributed by atoms with Crippen LogP contribution in [0.15, 0.2) is 54.9 Å². The molecular formula is C22H25N3O2. The fourth-order valence-electron chi connectivity index (χ4n) is 2.93. The van der Waals surface area contributed by atoms with E-state index in [0.29, 0.717) is 6.54 Å². The zero-order valence-electron chi connectivity index (χ0n) is 16.2. The van der Waals surface area contributed by atoms with Gasteiger partial charge in [0, 0.05) is 18.9 Å². The number of nitrogens with zero attached hydrogens (tertiary/aromatic N) is 2. The van der Waals surface area contributed by atoms with E-state index >= 15 is 0 Å². The van der Waals surface area contributed by atoms with Gasteiger partial charge >= 0.3 is 0 Å². The maximum absolute atomic E-state index is 12.5. The van der Waals surface area contributed by atoms with Crippen LogP contribution in [0.5, 0.6) is 5.75 Å². The van der Waals surface area contributed by atoms with Crippen LogP contribution in [0, 0.1) is 20.8 Å². The molecule has 5 nitrogen and oxygen atoms in total. The van der Waals surface area contributed by atoms with E-state index in [1.807, 2.05) is 74.0 Å². The average molecular weight is 363 g/mol. The Kier molecular flexibility index (Phi) is 5.60. The predicted molar refractivity (Wildman–Crippen MR) is 106 cm³/mol. The third-order valence-corrected chi connectivity index (χ3v) is 4.55. The third kappa shape index (κ3) is 4.37. The van der Waals surface area contributed by atoms with E-state index in [-0.39, 0.29) is 5.91 Å². The van der Waals surface area contributed by atoms with Gasteiger partial charge in [-0.1, -0.05) is 30.3 Å². The molecule has 0 aliphatic rings. The Morgan fingerprint density at radius 3 is 2.70 bits per heavy atom. The Labute approximate surface area is 160 Å². The van der Waals surface area contributed by atoms with Crippen molar-refractivity contribution in [2.75, 3.05) is 0 Å². The number of amides is 1. The molecule has 0 aliphatic heterocycles.